The summed E-state index contributed by atoms with van der Waals surface area (Å²) in [4.78, 5) is 0. The fourth-order valence-electron chi connectivity index (χ4n) is 1.60. The minimum atomic E-state index is -3.30. The lowest BCUT2D eigenvalue weighted by Crippen LogP contribution is -2.18. The summed E-state index contributed by atoms with van der Waals surface area (Å²) in [6.07, 6.45) is 0.930. The van der Waals surface area contributed by atoms with Gasteiger partial charge in [-0.05, 0) is 39.3 Å². The lowest BCUT2D eigenvalue weighted by Gasteiger charge is -2.21. The van der Waals surface area contributed by atoms with E-state index in [9.17, 15) is 4.57 Å². The van der Waals surface area contributed by atoms with E-state index in [4.69, 9.17) is 13.8 Å². The van der Waals surface area contributed by atoms with E-state index in [1.807, 2.05) is 26.0 Å². The first-order valence-corrected chi connectivity index (χ1v) is 8.27. The molecule has 1 aromatic rings. The maximum absolute atomic E-state index is 12.8. The normalized spacial score (nSPS) is 13.3. The summed E-state index contributed by atoms with van der Waals surface area (Å²) in [7, 11) is -3.30. The first-order valence-electron chi connectivity index (χ1n) is 6.72. The molecule has 1 aromatic carbocycles. The molecule has 0 bridgehead atoms. The van der Waals surface area contributed by atoms with Gasteiger partial charge in [-0.2, -0.15) is 0 Å². The predicted octanol–water partition coefficient (Wildman–Crippen LogP) is 3.76. The average molecular weight is 286 g/mol. The smallest absolute Gasteiger partial charge is 0.365 e. The van der Waals surface area contributed by atoms with Gasteiger partial charge in [-0.3, -0.25) is 4.57 Å². The fraction of sp³-hybridized carbons (Fsp3) is 0.571. The minimum Gasteiger partial charge on any atom is -0.490 e. The summed E-state index contributed by atoms with van der Waals surface area (Å²) in [5.41, 5.74) is 0. The van der Waals surface area contributed by atoms with Crippen LogP contribution in [0.5, 0.6) is 5.75 Å². The maximum atomic E-state index is 12.8. The summed E-state index contributed by atoms with van der Waals surface area (Å²) >= 11 is 0. The van der Waals surface area contributed by atoms with E-state index in [0.717, 1.165) is 6.42 Å². The average Bonchev–Trinajstić information content (AvgIpc) is 2.39. The quantitative estimate of drug-likeness (QED) is 0.683. The maximum Gasteiger partial charge on any atom is 0.365 e. The number of para-hydroxylation sites is 1. The van der Waals surface area contributed by atoms with Crippen molar-refractivity contribution in [2.75, 3.05) is 13.2 Å². The molecule has 1 atom stereocenters. The molecule has 0 aliphatic rings. The van der Waals surface area contributed by atoms with E-state index in [-0.39, 0.29) is 6.10 Å². The van der Waals surface area contributed by atoms with Gasteiger partial charge in [0.05, 0.1) is 19.3 Å². The Labute approximate surface area is 115 Å². The molecule has 0 N–H and O–H groups in total. The number of ether oxygens (including phenoxy) is 1. The molecule has 0 radical (unpaired) electrons. The second-order valence-electron chi connectivity index (χ2n) is 4.14. The number of hydrogen-bond acceptors (Lipinski definition) is 4. The minimum absolute atomic E-state index is 0.0536. The first kappa shape index (κ1) is 16.2. The highest BCUT2D eigenvalue weighted by Gasteiger charge is 2.30. The van der Waals surface area contributed by atoms with Crippen molar-refractivity contribution in [1.82, 2.24) is 0 Å². The van der Waals surface area contributed by atoms with Gasteiger partial charge in [0.1, 0.15) is 11.1 Å². The fourth-order valence-corrected chi connectivity index (χ4v) is 3.30. The molecule has 0 heterocycles. The van der Waals surface area contributed by atoms with E-state index in [1.54, 1.807) is 26.0 Å². The van der Waals surface area contributed by atoms with Gasteiger partial charge >= 0.3 is 7.60 Å². The molecule has 1 rings (SSSR count). The van der Waals surface area contributed by atoms with Crippen LogP contribution < -0.4 is 10.0 Å². The number of benzene rings is 1. The summed E-state index contributed by atoms with van der Waals surface area (Å²) in [6.45, 7) is 8.26. The Morgan fingerprint density at radius 2 is 1.68 bits per heavy atom. The third kappa shape index (κ3) is 4.34. The van der Waals surface area contributed by atoms with Gasteiger partial charge in [0, 0.05) is 0 Å². The standard InChI is InChI=1S/C14H23O4P/c1-5-12(4)18-13-10-8-9-11-14(13)19(15,16-6-2)17-7-3/h8-12H,5-7H2,1-4H3. The molecule has 19 heavy (non-hydrogen) atoms. The van der Waals surface area contributed by atoms with Gasteiger partial charge in [0.2, 0.25) is 0 Å². The molecule has 1 unspecified atom stereocenters. The van der Waals surface area contributed by atoms with E-state index in [0.29, 0.717) is 24.3 Å². The van der Waals surface area contributed by atoms with Crippen molar-refractivity contribution < 1.29 is 18.3 Å². The van der Waals surface area contributed by atoms with Crippen molar-refractivity contribution in [1.29, 1.82) is 0 Å². The summed E-state index contributed by atoms with van der Waals surface area (Å²) < 4.78 is 29.3. The van der Waals surface area contributed by atoms with Crippen LogP contribution in [-0.2, 0) is 13.6 Å². The summed E-state index contributed by atoms with van der Waals surface area (Å²) in [6, 6.07) is 7.20. The molecule has 4 nitrogen and oxygen atoms in total. The molecule has 0 fully saturated rings. The number of rotatable bonds is 8. The third-order valence-corrected chi connectivity index (χ3v) is 4.82. The highest BCUT2D eigenvalue weighted by Crippen LogP contribution is 2.49. The van der Waals surface area contributed by atoms with E-state index in [2.05, 4.69) is 0 Å². The van der Waals surface area contributed by atoms with Crippen molar-refractivity contribution in [2.24, 2.45) is 0 Å². The van der Waals surface area contributed by atoms with Gasteiger partial charge in [-0.15, -0.1) is 0 Å². The third-order valence-electron chi connectivity index (χ3n) is 2.66. The Hall–Kier alpha value is -0.830. The molecule has 0 spiro atoms. The molecule has 108 valence electrons. The van der Waals surface area contributed by atoms with Gasteiger partial charge in [0.25, 0.3) is 0 Å². The van der Waals surface area contributed by atoms with Crippen LogP contribution in [0.15, 0.2) is 24.3 Å². The van der Waals surface area contributed by atoms with Crippen LogP contribution in [0, 0.1) is 0 Å². The second-order valence-corrected chi connectivity index (χ2v) is 6.13. The van der Waals surface area contributed by atoms with Crippen LogP contribution in [0.25, 0.3) is 0 Å². The largest absolute Gasteiger partial charge is 0.490 e. The van der Waals surface area contributed by atoms with Crippen LogP contribution >= 0.6 is 7.60 Å². The van der Waals surface area contributed by atoms with Gasteiger partial charge in [0.15, 0.2) is 0 Å². The molecular formula is C14H23O4P. The highest BCUT2D eigenvalue weighted by atomic mass is 31.2. The van der Waals surface area contributed by atoms with Crippen molar-refractivity contribution >= 4 is 12.9 Å². The van der Waals surface area contributed by atoms with E-state index >= 15 is 0 Å². The zero-order chi connectivity index (χ0) is 14.3. The van der Waals surface area contributed by atoms with Crippen LogP contribution in [0.1, 0.15) is 34.1 Å². The van der Waals surface area contributed by atoms with Gasteiger partial charge < -0.3 is 13.8 Å². The Bertz CT molecular complexity index is 423. The molecule has 0 amide bonds. The zero-order valence-electron chi connectivity index (χ0n) is 12.1. The highest BCUT2D eigenvalue weighted by molar-refractivity contribution is 7.62. The predicted molar refractivity (Wildman–Crippen MR) is 77.3 cm³/mol. The Morgan fingerprint density at radius 1 is 1.11 bits per heavy atom. The van der Waals surface area contributed by atoms with E-state index < -0.39 is 7.60 Å². The van der Waals surface area contributed by atoms with Gasteiger partial charge in [-0.25, -0.2) is 0 Å². The molecule has 0 saturated heterocycles. The lowest BCUT2D eigenvalue weighted by atomic mass is 10.3. The zero-order valence-corrected chi connectivity index (χ0v) is 13.0. The van der Waals surface area contributed by atoms with Crippen molar-refractivity contribution in [2.45, 2.75) is 40.2 Å². The summed E-state index contributed by atoms with van der Waals surface area (Å²) in [5, 5.41) is 0.499. The molecule has 0 aliphatic carbocycles. The van der Waals surface area contributed by atoms with Crippen molar-refractivity contribution in [3.63, 3.8) is 0 Å². The van der Waals surface area contributed by atoms with Crippen LogP contribution in [-0.4, -0.2) is 19.3 Å². The molecule has 0 aliphatic heterocycles. The van der Waals surface area contributed by atoms with Crippen LogP contribution in [0.4, 0.5) is 0 Å². The Balaban J connectivity index is 3.12. The summed E-state index contributed by atoms with van der Waals surface area (Å²) in [5.74, 6) is 0.571. The monoisotopic (exact) mass is 286 g/mol. The Kier molecular flexibility index (Phi) is 6.56. The first-order chi connectivity index (χ1) is 9.07. The topological polar surface area (TPSA) is 44.8 Å². The molecule has 0 saturated carbocycles. The SMILES string of the molecule is CCOP(=O)(OCC)c1ccccc1OC(C)CC. The Morgan fingerprint density at radius 3 is 2.21 bits per heavy atom. The van der Waals surface area contributed by atoms with E-state index in [1.165, 1.54) is 0 Å². The second kappa shape index (κ2) is 7.68. The van der Waals surface area contributed by atoms with Crippen molar-refractivity contribution in [3.05, 3.63) is 24.3 Å². The van der Waals surface area contributed by atoms with Crippen LogP contribution in [0.2, 0.25) is 0 Å². The van der Waals surface area contributed by atoms with Crippen LogP contribution in [0.3, 0.4) is 0 Å². The number of hydrogen-bond donors (Lipinski definition) is 0. The van der Waals surface area contributed by atoms with Gasteiger partial charge in [-0.1, -0.05) is 19.1 Å². The molecule has 5 heteroatoms. The van der Waals surface area contributed by atoms with Crippen molar-refractivity contribution in [3.8, 4) is 5.75 Å². The molecule has 0 aromatic heterocycles. The lowest BCUT2D eigenvalue weighted by molar-refractivity contribution is 0.212. The molecular weight excluding hydrogens is 263 g/mol.